The lowest BCUT2D eigenvalue weighted by atomic mass is 10.1. The number of amides is 1. The molecule has 2 rings (SSSR count). The van der Waals surface area contributed by atoms with Crippen LogP contribution in [0.15, 0.2) is 42.5 Å². The van der Waals surface area contributed by atoms with Gasteiger partial charge >= 0.3 is 5.97 Å². The van der Waals surface area contributed by atoms with Gasteiger partial charge in [-0.25, -0.2) is 9.78 Å². The Morgan fingerprint density at radius 3 is 2.61 bits per heavy atom. The SMILES string of the molecule is COC(=O)c1cccc(CN(C)C(=O)c2ccccc2C=O)n1. The number of methoxy groups -OCH3 is 1. The molecule has 0 atom stereocenters. The van der Waals surface area contributed by atoms with Crippen molar-refractivity contribution in [2.75, 3.05) is 14.2 Å². The van der Waals surface area contributed by atoms with Crippen molar-refractivity contribution >= 4 is 18.2 Å². The number of carbonyl (C=O) groups is 3. The van der Waals surface area contributed by atoms with Crippen molar-refractivity contribution in [1.82, 2.24) is 9.88 Å². The molecule has 1 heterocycles. The van der Waals surface area contributed by atoms with Crippen LogP contribution >= 0.6 is 0 Å². The van der Waals surface area contributed by atoms with E-state index >= 15 is 0 Å². The van der Waals surface area contributed by atoms with Gasteiger partial charge in [0.25, 0.3) is 5.91 Å². The smallest absolute Gasteiger partial charge is 0.356 e. The first-order valence-electron chi connectivity index (χ1n) is 6.90. The van der Waals surface area contributed by atoms with Crippen LogP contribution in [0, 0.1) is 0 Å². The lowest BCUT2D eigenvalue weighted by Gasteiger charge is -2.18. The minimum atomic E-state index is -0.535. The summed E-state index contributed by atoms with van der Waals surface area (Å²) in [5.74, 6) is -0.829. The van der Waals surface area contributed by atoms with E-state index in [2.05, 4.69) is 9.72 Å². The Kier molecular flexibility index (Phi) is 5.19. The van der Waals surface area contributed by atoms with E-state index in [1.165, 1.54) is 12.0 Å². The number of ether oxygens (including phenoxy) is 1. The highest BCUT2D eigenvalue weighted by molar-refractivity contribution is 6.01. The molecule has 0 bridgehead atoms. The first-order valence-corrected chi connectivity index (χ1v) is 6.90. The van der Waals surface area contributed by atoms with Crippen molar-refractivity contribution in [3.8, 4) is 0 Å². The topological polar surface area (TPSA) is 76.6 Å². The van der Waals surface area contributed by atoms with Gasteiger partial charge in [0.1, 0.15) is 5.69 Å². The van der Waals surface area contributed by atoms with Gasteiger partial charge in [0.15, 0.2) is 6.29 Å². The van der Waals surface area contributed by atoms with Crippen molar-refractivity contribution < 1.29 is 19.1 Å². The van der Waals surface area contributed by atoms with Gasteiger partial charge in [-0.15, -0.1) is 0 Å². The van der Waals surface area contributed by atoms with Gasteiger partial charge in [-0.1, -0.05) is 24.3 Å². The van der Waals surface area contributed by atoms with Crippen LogP contribution in [0.4, 0.5) is 0 Å². The summed E-state index contributed by atoms with van der Waals surface area (Å²) in [7, 11) is 2.89. The minimum absolute atomic E-state index is 0.180. The fourth-order valence-corrected chi connectivity index (χ4v) is 2.10. The van der Waals surface area contributed by atoms with Crippen molar-refractivity contribution in [2.45, 2.75) is 6.54 Å². The Morgan fingerprint density at radius 1 is 1.17 bits per heavy atom. The molecule has 0 aliphatic heterocycles. The number of pyridine rings is 1. The normalized spacial score (nSPS) is 10.0. The predicted octanol–water partition coefficient (Wildman–Crippen LogP) is 1.95. The van der Waals surface area contributed by atoms with Gasteiger partial charge in [0.2, 0.25) is 0 Å². The zero-order valence-electron chi connectivity index (χ0n) is 12.9. The lowest BCUT2D eigenvalue weighted by molar-refractivity contribution is 0.0593. The third kappa shape index (κ3) is 3.79. The number of nitrogens with zero attached hydrogens (tertiary/aromatic N) is 2. The third-order valence-electron chi connectivity index (χ3n) is 3.27. The van der Waals surface area contributed by atoms with E-state index in [-0.39, 0.29) is 18.1 Å². The van der Waals surface area contributed by atoms with E-state index in [0.717, 1.165) is 0 Å². The molecule has 1 aromatic carbocycles. The van der Waals surface area contributed by atoms with Gasteiger partial charge < -0.3 is 9.64 Å². The van der Waals surface area contributed by atoms with Crippen LogP contribution in [-0.2, 0) is 11.3 Å². The van der Waals surface area contributed by atoms with Crippen LogP contribution in [-0.4, -0.2) is 42.2 Å². The highest BCUT2D eigenvalue weighted by atomic mass is 16.5. The second-order valence-corrected chi connectivity index (χ2v) is 4.87. The van der Waals surface area contributed by atoms with Crippen LogP contribution in [0.3, 0.4) is 0 Å². The molecule has 0 saturated carbocycles. The number of hydrogen-bond donors (Lipinski definition) is 0. The van der Waals surface area contributed by atoms with E-state index in [0.29, 0.717) is 23.1 Å². The van der Waals surface area contributed by atoms with Crippen molar-refractivity contribution in [2.24, 2.45) is 0 Å². The van der Waals surface area contributed by atoms with E-state index in [9.17, 15) is 14.4 Å². The van der Waals surface area contributed by atoms with E-state index < -0.39 is 5.97 Å². The van der Waals surface area contributed by atoms with Crippen LogP contribution < -0.4 is 0 Å². The third-order valence-corrected chi connectivity index (χ3v) is 3.27. The first kappa shape index (κ1) is 16.4. The summed E-state index contributed by atoms with van der Waals surface area (Å²) in [5, 5.41) is 0. The van der Waals surface area contributed by atoms with E-state index in [4.69, 9.17) is 0 Å². The highest BCUT2D eigenvalue weighted by Gasteiger charge is 2.16. The second-order valence-electron chi connectivity index (χ2n) is 4.87. The van der Waals surface area contributed by atoms with Crippen molar-refractivity contribution in [3.05, 3.63) is 65.0 Å². The van der Waals surface area contributed by atoms with Crippen molar-refractivity contribution in [3.63, 3.8) is 0 Å². The number of benzene rings is 1. The monoisotopic (exact) mass is 312 g/mol. The Morgan fingerprint density at radius 2 is 1.91 bits per heavy atom. The standard InChI is InChI=1S/C17H16N2O4/c1-19(16(21)14-8-4-3-6-12(14)11-20)10-13-7-5-9-15(18-13)17(22)23-2/h3-9,11H,10H2,1-2H3. The molecule has 0 aliphatic carbocycles. The number of aldehydes is 1. The van der Waals surface area contributed by atoms with Gasteiger partial charge in [0.05, 0.1) is 24.9 Å². The first-order chi connectivity index (χ1) is 11.1. The molecule has 0 fully saturated rings. The molecule has 0 unspecified atom stereocenters. The molecule has 0 N–H and O–H groups in total. The quantitative estimate of drug-likeness (QED) is 0.623. The Hall–Kier alpha value is -3.02. The molecule has 118 valence electrons. The Balaban J connectivity index is 2.18. The van der Waals surface area contributed by atoms with Crippen LogP contribution in [0.5, 0.6) is 0 Å². The molecule has 0 aliphatic rings. The van der Waals surface area contributed by atoms with Gasteiger partial charge in [-0.2, -0.15) is 0 Å². The summed E-state index contributed by atoms with van der Waals surface area (Å²) in [6.45, 7) is 0.205. The summed E-state index contributed by atoms with van der Waals surface area (Å²) < 4.78 is 4.62. The molecular formula is C17H16N2O4. The fraction of sp³-hybridized carbons (Fsp3) is 0.176. The molecular weight excluding hydrogens is 296 g/mol. The van der Waals surface area contributed by atoms with E-state index in [1.807, 2.05) is 0 Å². The number of rotatable bonds is 5. The van der Waals surface area contributed by atoms with Crippen molar-refractivity contribution in [1.29, 1.82) is 0 Å². The summed E-state index contributed by atoms with van der Waals surface area (Å²) >= 11 is 0. The summed E-state index contributed by atoms with van der Waals surface area (Å²) in [6.07, 6.45) is 0.650. The number of esters is 1. The molecule has 0 saturated heterocycles. The maximum Gasteiger partial charge on any atom is 0.356 e. The predicted molar refractivity (Wildman–Crippen MR) is 83.2 cm³/mol. The van der Waals surface area contributed by atoms with Crippen LogP contribution in [0.2, 0.25) is 0 Å². The molecule has 0 spiro atoms. The molecule has 0 radical (unpaired) electrons. The molecule has 1 amide bonds. The van der Waals surface area contributed by atoms with Crippen LogP contribution in [0.1, 0.15) is 36.9 Å². The minimum Gasteiger partial charge on any atom is -0.464 e. The maximum absolute atomic E-state index is 12.5. The molecule has 1 aromatic heterocycles. The Labute approximate surface area is 133 Å². The average Bonchev–Trinajstić information content (AvgIpc) is 2.60. The number of hydrogen-bond acceptors (Lipinski definition) is 5. The maximum atomic E-state index is 12.5. The second kappa shape index (κ2) is 7.31. The van der Waals surface area contributed by atoms with Crippen LogP contribution in [0.25, 0.3) is 0 Å². The van der Waals surface area contributed by atoms with Gasteiger partial charge in [-0.05, 0) is 18.2 Å². The zero-order valence-corrected chi connectivity index (χ0v) is 12.9. The summed E-state index contributed by atoms with van der Waals surface area (Å²) in [6, 6.07) is 11.5. The largest absolute Gasteiger partial charge is 0.464 e. The zero-order chi connectivity index (χ0) is 16.8. The summed E-state index contributed by atoms with van der Waals surface area (Å²) in [4.78, 5) is 40.6. The van der Waals surface area contributed by atoms with Gasteiger partial charge in [-0.3, -0.25) is 9.59 Å². The molecule has 6 heteroatoms. The Bertz CT molecular complexity index is 743. The lowest BCUT2D eigenvalue weighted by Crippen LogP contribution is -2.27. The highest BCUT2D eigenvalue weighted by Crippen LogP contribution is 2.11. The molecule has 6 nitrogen and oxygen atoms in total. The molecule has 23 heavy (non-hydrogen) atoms. The summed E-state index contributed by atoms with van der Waals surface area (Å²) in [5.41, 5.74) is 1.39. The molecule has 2 aromatic rings. The van der Waals surface area contributed by atoms with Gasteiger partial charge in [0, 0.05) is 12.6 Å². The average molecular weight is 312 g/mol. The fourth-order valence-electron chi connectivity index (χ4n) is 2.10. The number of carbonyl (C=O) groups excluding carboxylic acids is 3. The van der Waals surface area contributed by atoms with E-state index in [1.54, 1.807) is 49.5 Å². The number of aromatic nitrogens is 1.